The first-order valence-corrected chi connectivity index (χ1v) is 7.43. The largest absolute Gasteiger partial charge is 0.444 e. The number of nitrogen functional groups attached to an aromatic ring is 1. The number of ether oxygens (including phenoxy) is 1. The zero-order valence-corrected chi connectivity index (χ0v) is 13.6. The van der Waals surface area contributed by atoms with Crippen LogP contribution in [0.5, 0.6) is 0 Å². The third kappa shape index (κ3) is 3.81. The van der Waals surface area contributed by atoms with Crippen molar-refractivity contribution in [1.82, 2.24) is 4.90 Å². The highest BCUT2D eigenvalue weighted by Crippen LogP contribution is 2.29. The Bertz CT molecular complexity index is 557. The lowest BCUT2D eigenvalue weighted by atomic mass is 10.2. The monoisotopic (exact) mass is 309 g/mol. The van der Waals surface area contributed by atoms with Crippen LogP contribution in [0.1, 0.15) is 27.2 Å². The molecule has 22 heavy (non-hydrogen) atoms. The van der Waals surface area contributed by atoms with Gasteiger partial charge in [0.15, 0.2) is 0 Å². The molecule has 1 fully saturated rings. The number of rotatable bonds is 2. The van der Waals surface area contributed by atoms with Gasteiger partial charge >= 0.3 is 6.09 Å². The van der Waals surface area contributed by atoms with Crippen LogP contribution in [-0.2, 0) is 4.74 Å². The van der Waals surface area contributed by atoms with E-state index in [2.05, 4.69) is 0 Å². The van der Waals surface area contributed by atoms with E-state index in [9.17, 15) is 9.18 Å². The number of anilines is 2. The summed E-state index contributed by atoms with van der Waals surface area (Å²) in [5.41, 5.74) is 6.63. The molecule has 1 atom stereocenters. The summed E-state index contributed by atoms with van der Waals surface area (Å²) in [5, 5.41) is 0. The van der Waals surface area contributed by atoms with Crippen LogP contribution < -0.4 is 10.6 Å². The minimum atomic E-state index is -0.517. The van der Waals surface area contributed by atoms with Gasteiger partial charge in [0.2, 0.25) is 0 Å². The lowest BCUT2D eigenvalue weighted by molar-refractivity contribution is 0.0238. The Hall–Kier alpha value is -1.98. The first-order chi connectivity index (χ1) is 10.2. The first-order valence-electron chi connectivity index (χ1n) is 7.43. The average Bonchev–Trinajstić information content (AvgIpc) is 2.88. The molecule has 1 saturated heterocycles. The molecule has 1 unspecified atom stereocenters. The highest BCUT2D eigenvalue weighted by Gasteiger charge is 2.31. The van der Waals surface area contributed by atoms with Crippen LogP contribution in [0, 0.1) is 5.82 Å². The third-order valence-electron chi connectivity index (χ3n) is 3.73. The maximum absolute atomic E-state index is 13.4. The van der Waals surface area contributed by atoms with Gasteiger partial charge in [-0.3, -0.25) is 0 Å². The maximum Gasteiger partial charge on any atom is 0.410 e. The van der Waals surface area contributed by atoms with Crippen molar-refractivity contribution in [3.05, 3.63) is 24.0 Å². The summed E-state index contributed by atoms with van der Waals surface area (Å²) >= 11 is 0. The van der Waals surface area contributed by atoms with Gasteiger partial charge in [0, 0.05) is 20.1 Å². The van der Waals surface area contributed by atoms with Crippen molar-refractivity contribution in [3.8, 4) is 0 Å². The molecule has 0 aliphatic carbocycles. The van der Waals surface area contributed by atoms with E-state index in [0.717, 1.165) is 13.0 Å². The van der Waals surface area contributed by atoms with Gasteiger partial charge in [-0.25, -0.2) is 9.18 Å². The highest BCUT2D eigenvalue weighted by molar-refractivity contribution is 5.70. The molecule has 1 aromatic carbocycles. The maximum atomic E-state index is 13.4. The van der Waals surface area contributed by atoms with E-state index in [-0.39, 0.29) is 18.0 Å². The minimum absolute atomic E-state index is 0.0255. The second-order valence-electron chi connectivity index (χ2n) is 6.68. The summed E-state index contributed by atoms with van der Waals surface area (Å²) < 4.78 is 18.8. The number of nitrogens with two attached hydrogens (primary N) is 1. The van der Waals surface area contributed by atoms with Crippen LogP contribution in [0.2, 0.25) is 0 Å². The number of nitrogens with zero attached hydrogens (tertiary/aromatic N) is 2. The normalized spacial score (nSPS) is 18.4. The van der Waals surface area contributed by atoms with E-state index in [4.69, 9.17) is 10.5 Å². The predicted molar refractivity (Wildman–Crippen MR) is 85.4 cm³/mol. The zero-order chi connectivity index (χ0) is 16.5. The Morgan fingerprint density at radius 2 is 2.14 bits per heavy atom. The molecule has 0 saturated carbocycles. The number of carbonyl (C=O) groups excluding carboxylic acids is 1. The van der Waals surface area contributed by atoms with E-state index in [1.54, 1.807) is 18.0 Å². The van der Waals surface area contributed by atoms with Gasteiger partial charge in [-0.2, -0.15) is 0 Å². The molecule has 1 heterocycles. The van der Waals surface area contributed by atoms with Crippen LogP contribution in [0.4, 0.5) is 20.6 Å². The molecular weight excluding hydrogens is 285 g/mol. The molecule has 122 valence electrons. The van der Waals surface area contributed by atoms with Gasteiger partial charge in [-0.15, -0.1) is 0 Å². The standard InChI is InChI=1S/C16H24FN3O2/c1-16(2,3)22-15(21)19(4)12-7-8-20(10-12)14-9-11(17)5-6-13(14)18/h5-6,9,12H,7-8,10,18H2,1-4H3. The van der Waals surface area contributed by atoms with Gasteiger partial charge in [0.25, 0.3) is 0 Å². The Labute approximate surface area is 130 Å². The Morgan fingerprint density at radius 3 is 2.77 bits per heavy atom. The zero-order valence-electron chi connectivity index (χ0n) is 13.6. The Morgan fingerprint density at radius 1 is 1.45 bits per heavy atom. The van der Waals surface area contributed by atoms with Crippen molar-refractivity contribution in [3.63, 3.8) is 0 Å². The van der Waals surface area contributed by atoms with E-state index < -0.39 is 5.60 Å². The van der Waals surface area contributed by atoms with Gasteiger partial charge in [-0.1, -0.05) is 0 Å². The lowest BCUT2D eigenvalue weighted by Crippen LogP contribution is -2.42. The number of likely N-dealkylation sites (N-methyl/N-ethyl adjacent to an activating group) is 1. The molecule has 0 bridgehead atoms. The van der Waals surface area contributed by atoms with Crippen molar-refractivity contribution in [2.75, 3.05) is 30.8 Å². The number of carbonyl (C=O) groups is 1. The quantitative estimate of drug-likeness (QED) is 0.854. The molecule has 6 heteroatoms. The molecule has 0 radical (unpaired) electrons. The minimum Gasteiger partial charge on any atom is -0.444 e. The molecule has 5 nitrogen and oxygen atoms in total. The number of amides is 1. The predicted octanol–water partition coefficient (Wildman–Crippen LogP) is 2.85. The average molecular weight is 309 g/mol. The lowest BCUT2D eigenvalue weighted by Gasteiger charge is -2.29. The van der Waals surface area contributed by atoms with Crippen molar-refractivity contribution in [2.24, 2.45) is 0 Å². The van der Waals surface area contributed by atoms with Gasteiger partial charge < -0.3 is 20.3 Å². The number of hydrogen-bond donors (Lipinski definition) is 1. The molecule has 0 spiro atoms. The van der Waals surface area contributed by atoms with Gasteiger partial charge in [0.05, 0.1) is 17.4 Å². The molecule has 1 aliphatic heterocycles. The second-order valence-corrected chi connectivity index (χ2v) is 6.68. The third-order valence-corrected chi connectivity index (χ3v) is 3.73. The summed E-state index contributed by atoms with van der Waals surface area (Å²) in [6.45, 7) is 6.86. The summed E-state index contributed by atoms with van der Waals surface area (Å²) in [6, 6.07) is 4.37. The SMILES string of the molecule is CN(C(=O)OC(C)(C)C)C1CCN(c2cc(F)ccc2N)C1. The fourth-order valence-corrected chi connectivity index (χ4v) is 2.55. The second kappa shape index (κ2) is 6.02. The molecule has 0 aromatic heterocycles. The Balaban J connectivity index is 2.03. The molecule has 2 rings (SSSR count). The molecule has 1 amide bonds. The van der Waals surface area contributed by atoms with Crippen LogP contribution >= 0.6 is 0 Å². The van der Waals surface area contributed by atoms with Crippen molar-refractivity contribution >= 4 is 17.5 Å². The highest BCUT2D eigenvalue weighted by atomic mass is 19.1. The summed E-state index contributed by atoms with van der Waals surface area (Å²) in [5.74, 6) is -0.312. The number of hydrogen-bond acceptors (Lipinski definition) is 4. The fourth-order valence-electron chi connectivity index (χ4n) is 2.55. The summed E-state index contributed by atoms with van der Waals surface area (Å²) in [6.07, 6.45) is 0.456. The number of halogens is 1. The van der Waals surface area contributed by atoms with Gasteiger partial charge in [0.1, 0.15) is 11.4 Å². The van der Waals surface area contributed by atoms with Crippen LogP contribution in [-0.4, -0.2) is 42.8 Å². The van der Waals surface area contributed by atoms with E-state index in [1.807, 2.05) is 25.7 Å². The summed E-state index contributed by atoms with van der Waals surface area (Å²) in [4.78, 5) is 15.7. The smallest absolute Gasteiger partial charge is 0.410 e. The van der Waals surface area contributed by atoms with Crippen LogP contribution in [0.3, 0.4) is 0 Å². The van der Waals surface area contributed by atoms with E-state index in [1.165, 1.54) is 12.1 Å². The van der Waals surface area contributed by atoms with E-state index in [0.29, 0.717) is 17.9 Å². The van der Waals surface area contributed by atoms with E-state index >= 15 is 0 Å². The molecular formula is C16H24FN3O2. The molecule has 1 aliphatic rings. The van der Waals surface area contributed by atoms with Crippen molar-refractivity contribution in [2.45, 2.75) is 38.8 Å². The topological polar surface area (TPSA) is 58.8 Å². The van der Waals surface area contributed by atoms with Crippen LogP contribution in [0.25, 0.3) is 0 Å². The molecule has 2 N–H and O–H groups in total. The molecule has 1 aromatic rings. The Kier molecular flexibility index (Phi) is 4.49. The van der Waals surface area contributed by atoms with Gasteiger partial charge in [-0.05, 0) is 45.4 Å². The van der Waals surface area contributed by atoms with Crippen molar-refractivity contribution in [1.29, 1.82) is 0 Å². The summed E-state index contributed by atoms with van der Waals surface area (Å²) in [7, 11) is 1.73. The fraction of sp³-hybridized carbons (Fsp3) is 0.562. The first kappa shape index (κ1) is 16.4. The van der Waals surface area contributed by atoms with Crippen LogP contribution in [0.15, 0.2) is 18.2 Å². The number of benzene rings is 1. The van der Waals surface area contributed by atoms with Crippen molar-refractivity contribution < 1.29 is 13.9 Å².